The zero-order valence-corrected chi connectivity index (χ0v) is 12.2. The average molecular weight is 300 g/mol. The lowest BCUT2D eigenvalue weighted by Crippen LogP contribution is -2.31. The fraction of sp³-hybridized carbons (Fsp3) is 0.333. The van der Waals surface area contributed by atoms with E-state index in [9.17, 15) is 9.59 Å². The number of urea groups is 1. The second-order valence-corrected chi connectivity index (χ2v) is 5.09. The van der Waals surface area contributed by atoms with Gasteiger partial charge in [0.05, 0.1) is 0 Å². The van der Waals surface area contributed by atoms with E-state index in [4.69, 9.17) is 4.52 Å². The van der Waals surface area contributed by atoms with Gasteiger partial charge in [-0.2, -0.15) is 4.98 Å². The highest BCUT2D eigenvalue weighted by atomic mass is 16.5. The molecule has 1 aliphatic rings. The van der Waals surface area contributed by atoms with Gasteiger partial charge in [0.2, 0.25) is 11.7 Å². The van der Waals surface area contributed by atoms with Crippen molar-refractivity contribution in [3.05, 3.63) is 36.2 Å². The quantitative estimate of drug-likeness (QED) is 0.853. The molecule has 1 N–H and O–H groups in total. The third-order valence-electron chi connectivity index (χ3n) is 3.48. The first-order valence-corrected chi connectivity index (χ1v) is 7.19. The standard InChI is InChI=1S/C15H16N4O3/c1-2-6-11-14(20)19(15(21)16-11)9-12-17-13(18-22-12)10-7-4-3-5-8-10/h3-5,7-8,11H,2,6,9H2,1H3,(H,16,21)/t11-/m0/s1. The molecular formula is C15H16N4O3. The molecule has 1 aromatic heterocycles. The Balaban J connectivity index is 1.73. The maximum absolute atomic E-state index is 12.1. The lowest BCUT2D eigenvalue weighted by atomic mass is 10.2. The van der Waals surface area contributed by atoms with Gasteiger partial charge < -0.3 is 9.84 Å². The van der Waals surface area contributed by atoms with Crippen LogP contribution in [0.4, 0.5) is 4.79 Å². The van der Waals surface area contributed by atoms with E-state index in [0.717, 1.165) is 16.9 Å². The predicted molar refractivity (Wildman–Crippen MR) is 77.5 cm³/mol. The molecule has 3 amide bonds. The summed E-state index contributed by atoms with van der Waals surface area (Å²) in [6, 6.07) is 8.50. The van der Waals surface area contributed by atoms with Crippen molar-refractivity contribution in [2.75, 3.05) is 0 Å². The van der Waals surface area contributed by atoms with Crippen LogP contribution in [-0.2, 0) is 11.3 Å². The van der Waals surface area contributed by atoms with Gasteiger partial charge in [0.15, 0.2) is 0 Å². The summed E-state index contributed by atoms with van der Waals surface area (Å²) in [5.41, 5.74) is 0.818. The smallest absolute Gasteiger partial charge is 0.325 e. The number of hydrogen-bond acceptors (Lipinski definition) is 5. The zero-order chi connectivity index (χ0) is 15.5. The molecule has 1 saturated heterocycles. The van der Waals surface area contributed by atoms with Crippen LogP contribution >= 0.6 is 0 Å². The number of nitrogens with zero attached hydrogens (tertiary/aromatic N) is 3. The summed E-state index contributed by atoms with van der Waals surface area (Å²) in [4.78, 5) is 29.3. The van der Waals surface area contributed by atoms with Gasteiger partial charge in [-0.25, -0.2) is 4.79 Å². The fourth-order valence-corrected chi connectivity index (χ4v) is 2.37. The van der Waals surface area contributed by atoms with Gasteiger partial charge >= 0.3 is 6.03 Å². The second-order valence-electron chi connectivity index (χ2n) is 5.09. The van der Waals surface area contributed by atoms with Gasteiger partial charge in [0.25, 0.3) is 5.91 Å². The van der Waals surface area contributed by atoms with Gasteiger partial charge in [-0.05, 0) is 6.42 Å². The van der Waals surface area contributed by atoms with Gasteiger partial charge in [-0.3, -0.25) is 9.69 Å². The molecule has 0 unspecified atom stereocenters. The monoisotopic (exact) mass is 300 g/mol. The Hall–Kier alpha value is -2.70. The van der Waals surface area contributed by atoms with E-state index >= 15 is 0 Å². The molecule has 0 saturated carbocycles. The van der Waals surface area contributed by atoms with Gasteiger partial charge in [0, 0.05) is 5.56 Å². The molecule has 2 aromatic rings. The molecule has 2 heterocycles. The van der Waals surface area contributed by atoms with Crippen molar-refractivity contribution in [2.24, 2.45) is 0 Å². The maximum atomic E-state index is 12.1. The van der Waals surface area contributed by atoms with E-state index in [0.29, 0.717) is 12.2 Å². The molecule has 1 fully saturated rings. The highest BCUT2D eigenvalue weighted by Gasteiger charge is 2.38. The van der Waals surface area contributed by atoms with Crippen molar-refractivity contribution in [3.8, 4) is 11.4 Å². The summed E-state index contributed by atoms with van der Waals surface area (Å²) in [5.74, 6) is 0.429. The fourth-order valence-electron chi connectivity index (χ4n) is 2.37. The SMILES string of the molecule is CCC[C@@H]1NC(=O)N(Cc2nc(-c3ccccc3)no2)C1=O. The second kappa shape index (κ2) is 5.97. The number of carbonyl (C=O) groups excluding carboxylic acids is 2. The van der Waals surface area contributed by atoms with Crippen LogP contribution in [0.2, 0.25) is 0 Å². The lowest BCUT2D eigenvalue weighted by Gasteiger charge is -2.09. The number of aromatic nitrogens is 2. The van der Waals surface area contributed by atoms with Crippen LogP contribution < -0.4 is 5.32 Å². The highest BCUT2D eigenvalue weighted by molar-refractivity contribution is 6.04. The molecule has 0 radical (unpaired) electrons. The Morgan fingerprint density at radius 3 is 2.77 bits per heavy atom. The van der Waals surface area contributed by atoms with E-state index in [-0.39, 0.29) is 18.3 Å². The topological polar surface area (TPSA) is 88.3 Å². The van der Waals surface area contributed by atoms with Crippen molar-refractivity contribution < 1.29 is 14.1 Å². The third kappa shape index (κ3) is 2.69. The third-order valence-corrected chi connectivity index (χ3v) is 3.48. The first-order chi connectivity index (χ1) is 10.7. The molecule has 7 heteroatoms. The van der Waals surface area contributed by atoms with Crippen molar-refractivity contribution >= 4 is 11.9 Å². The van der Waals surface area contributed by atoms with E-state index in [1.807, 2.05) is 37.3 Å². The summed E-state index contributed by atoms with van der Waals surface area (Å²) in [7, 11) is 0. The Kier molecular flexibility index (Phi) is 3.86. The number of benzene rings is 1. The van der Waals surface area contributed by atoms with Gasteiger partial charge in [-0.1, -0.05) is 48.8 Å². The van der Waals surface area contributed by atoms with Crippen LogP contribution in [0.3, 0.4) is 0 Å². The van der Waals surface area contributed by atoms with Gasteiger partial charge in [-0.15, -0.1) is 0 Å². The summed E-state index contributed by atoms with van der Waals surface area (Å²) >= 11 is 0. The largest absolute Gasteiger partial charge is 0.337 e. The van der Waals surface area contributed by atoms with Crippen molar-refractivity contribution in [1.82, 2.24) is 20.4 Å². The molecule has 1 aliphatic heterocycles. The minimum absolute atomic E-state index is 0.00921. The molecule has 1 atom stereocenters. The van der Waals surface area contributed by atoms with E-state index in [1.54, 1.807) is 0 Å². The highest BCUT2D eigenvalue weighted by Crippen LogP contribution is 2.18. The van der Waals surface area contributed by atoms with Crippen molar-refractivity contribution in [1.29, 1.82) is 0 Å². The van der Waals surface area contributed by atoms with E-state index in [1.165, 1.54) is 0 Å². The predicted octanol–water partition coefficient (Wildman–Crippen LogP) is 1.96. The van der Waals surface area contributed by atoms with Crippen molar-refractivity contribution in [2.45, 2.75) is 32.4 Å². The van der Waals surface area contributed by atoms with E-state index in [2.05, 4.69) is 15.5 Å². The number of hydrogen-bond donors (Lipinski definition) is 1. The zero-order valence-electron chi connectivity index (χ0n) is 12.2. The van der Waals surface area contributed by atoms with Crippen LogP contribution in [0.15, 0.2) is 34.9 Å². The summed E-state index contributed by atoms with van der Waals surface area (Å²) in [6.07, 6.45) is 1.45. The summed E-state index contributed by atoms with van der Waals surface area (Å²) in [6.45, 7) is 1.96. The molecule has 3 rings (SSSR count). The van der Waals surface area contributed by atoms with Crippen LogP contribution in [0.25, 0.3) is 11.4 Å². The van der Waals surface area contributed by atoms with Crippen LogP contribution in [-0.4, -0.2) is 33.0 Å². The van der Waals surface area contributed by atoms with Gasteiger partial charge in [0.1, 0.15) is 12.6 Å². The Morgan fingerprint density at radius 2 is 2.05 bits per heavy atom. The van der Waals surface area contributed by atoms with Crippen LogP contribution in [0.5, 0.6) is 0 Å². The number of rotatable bonds is 5. The number of amides is 3. The first kappa shape index (κ1) is 14.2. The molecule has 0 spiro atoms. The minimum atomic E-state index is -0.450. The van der Waals surface area contributed by atoms with Crippen LogP contribution in [0.1, 0.15) is 25.7 Å². The number of nitrogens with one attached hydrogen (secondary N) is 1. The summed E-state index contributed by atoms with van der Waals surface area (Å²) < 4.78 is 5.14. The average Bonchev–Trinajstić information content (AvgIpc) is 3.10. The maximum Gasteiger partial charge on any atom is 0.325 e. The lowest BCUT2D eigenvalue weighted by molar-refractivity contribution is -0.128. The molecule has 114 valence electrons. The molecule has 7 nitrogen and oxygen atoms in total. The minimum Gasteiger partial charge on any atom is -0.337 e. The summed E-state index contributed by atoms with van der Waals surface area (Å²) in [5, 5.41) is 6.54. The van der Waals surface area contributed by atoms with E-state index < -0.39 is 12.1 Å². The van der Waals surface area contributed by atoms with Crippen molar-refractivity contribution in [3.63, 3.8) is 0 Å². The Bertz CT molecular complexity index is 683. The molecular weight excluding hydrogens is 284 g/mol. The number of imide groups is 1. The molecule has 22 heavy (non-hydrogen) atoms. The normalized spacial score (nSPS) is 17.9. The Morgan fingerprint density at radius 1 is 1.27 bits per heavy atom. The number of carbonyl (C=O) groups is 2. The first-order valence-electron chi connectivity index (χ1n) is 7.19. The molecule has 0 bridgehead atoms. The Labute approximate surface area is 127 Å². The van der Waals surface area contributed by atoms with Crippen LogP contribution in [0, 0.1) is 0 Å². The molecule has 1 aromatic carbocycles. The molecule has 0 aliphatic carbocycles.